The lowest BCUT2D eigenvalue weighted by Gasteiger charge is -2.07. The van der Waals surface area contributed by atoms with Gasteiger partial charge in [0.05, 0.1) is 18.5 Å². The number of benzene rings is 2. The van der Waals surface area contributed by atoms with Gasteiger partial charge in [0.2, 0.25) is 0 Å². The summed E-state index contributed by atoms with van der Waals surface area (Å²) in [5, 5.41) is 8.38. The molecule has 0 bridgehead atoms. The van der Waals surface area contributed by atoms with Gasteiger partial charge in [-0.2, -0.15) is 5.10 Å². The van der Waals surface area contributed by atoms with Gasteiger partial charge in [0.25, 0.3) is 0 Å². The van der Waals surface area contributed by atoms with Crippen LogP contribution in [0.1, 0.15) is 11.1 Å². The molecule has 0 unspecified atom stereocenters. The van der Waals surface area contributed by atoms with Crippen LogP contribution in [0.4, 0.5) is 5.82 Å². The number of rotatable bonds is 3. The molecular formula is C19H19N3O. The summed E-state index contributed by atoms with van der Waals surface area (Å²) in [5.74, 6) is 1.96. The van der Waals surface area contributed by atoms with Gasteiger partial charge >= 0.3 is 0 Å². The molecule has 4 heteroatoms. The molecule has 0 atom stereocenters. The number of hydrogen-bond acceptors (Lipinski definition) is 3. The van der Waals surface area contributed by atoms with Crippen LogP contribution >= 0.6 is 0 Å². The van der Waals surface area contributed by atoms with Gasteiger partial charge in [-0.05, 0) is 43.2 Å². The van der Waals surface area contributed by atoms with Crippen LogP contribution in [0.2, 0.25) is 0 Å². The van der Waals surface area contributed by atoms with E-state index in [0.717, 1.165) is 35.9 Å². The lowest BCUT2D eigenvalue weighted by atomic mass is 10.0. The third-order valence-electron chi connectivity index (χ3n) is 4.37. The van der Waals surface area contributed by atoms with Crippen LogP contribution in [-0.4, -0.2) is 23.4 Å². The Hall–Kier alpha value is -2.75. The van der Waals surface area contributed by atoms with Crippen molar-refractivity contribution in [1.29, 1.82) is 0 Å². The Kier molecular flexibility index (Phi) is 3.30. The van der Waals surface area contributed by atoms with E-state index in [4.69, 9.17) is 9.84 Å². The molecule has 116 valence electrons. The zero-order chi connectivity index (χ0) is 15.8. The molecule has 4 nitrogen and oxygen atoms in total. The quantitative estimate of drug-likeness (QED) is 0.799. The molecule has 0 amide bonds. The SMILES string of the molecule is COc1ccc(-n2nc(-c3ccccc3C)c3c2NCC3)cc1. The van der Waals surface area contributed by atoms with E-state index in [0.29, 0.717) is 0 Å². The molecule has 0 radical (unpaired) electrons. The topological polar surface area (TPSA) is 39.1 Å². The van der Waals surface area contributed by atoms with Gasteiger partial charge in [0.15, 0.2) is 0 Å². The van der Waals surface area contributed by atoms with Gasteiger partial charge in [-0.3, -0.25) is 0 Å². The molecule has 1 aliphatic rings. The maximum absolute atomic E-state index is 5.24. The number of aromatic nitrogens is 2. The van der Waals surface area contributed by atoms with Crippen molar-refractivity contribution in [3.63, 3.8) is 0 Å². The molecule has 0 saturated heterocycles. The zero-order valence-electron chi connectivity index (χ0n) is 13.3. The first-order valence-corrected chi connectivity index (χ1v) is 7.84. The van der Waals surface area contributed by atoms with Crippen LogP contribution in [0.5, 0.6) is 5.75 Å². The van der Waals surface area contributed by atoms with Crippen LogP contribution in [0, 0.1) is 6.92 Å². The van der Waals surface area contributed by atoms with Crippen molar-refractivity contribution in [1.82, 2.24) is 9.78 Å². The number of hydrogen-bond donors (Lipinski definition) is 1. The van der Waals surface area contributed by atoms with Crippen molar-refractivity contribution in [2.24, 2.45) is 0 Å². The molecule has 23 heavy (non-hydrogen) atoms. The number of fused-ring (bicyclic) bond motifs is 1. The predicted octanol–water partition coefficient (Wildman–Crippen LogP) is 3.82. The Labute approximate surface area is 135 Å². The molecule has 1 N–H and O–H groups in total. The summed E-state index contributed by atoms with van der Waals surface area (Å²) in [4.78, 5) is 0. The van der Waals surface area contributed by atoms with Gasteiger partial charge in [-0.1, -0.05) is 24.3 Å². The van der Waals surface area contributed by atoms with Crippen molar-refractivity contribution in [3.8, 4) is 22.7 Å². The number of nitrogens with zero attached hydrogens (tertiary/aromatic N) is 2. The van der Waals surface area contributed by atoms with Gasteiger partial charge in [0.1, 0.15) is 11.6 Å². The first-order valence-electron chi connectivity index (χ1n) is 7.84. The molecule has 1 aromatic heterocycles. The summed E-state index contributed by atoms with van der Waals surface area (Å²) in [7, 11) is 1.68. The Bertz CT molecular complexity index is 850. The van der Waals surface area contributed by atoms with Crippen LogP contribution in [0.15, 0.2) is 48.5 Å². The molecular weight excluding hydrogens is 286 g/mol. The minimum absolute atomic E-state index is 0.852. The zero-order valence-corrected chi connectivity index (χ0v) is 13.3. The van der Waals surface area contributed by atoms with Crippen LogP contribution in [-0.2, 0) is 6.42 Å². The van der Waals surface area contributed by atoms with Crippen molar-refractivity contribution in [2.75, 3.05) is 19.0 Å². The minimum Gasteiger partial charge on any atom is -0.497 e. The second kappa shape index (κ2) is 5.47. The fraction of sp³-hybridized carbons (Fsp3) is 0.211. The average Bonchev–Trinajstić information content (AvgIpc) is 3.18. The molecule has 2 heterocycles. The maximum Gasteiger partial charge on any atom is 0.133 e. The van der Waals surface area contributed by atoms with E-state index in [2.05, 4.69) is 36.5 Å². The standard InChI is InChI=1S/C19H19N3O/c1-13-5-3-4-6-16(13)18-17-11-12-20-19(17)22(21-18)14-7-9-15(23-2)10-8-14/h3-10,20H,11-12H2,1-2H3. The van der Waals surface area contributed by atoms with Crippen LogP contribution in [0.25, 0.3) is 16.9 Å². The van der Waals surface area contributed by atoms with Crippen molar-refractivity contribution in [2.45, 2.75) is 13.3 Å². The van der Waals surface area contributed by atoms with E-state index >= 15 is 0 Å². The second-order valence-corrected chi connectivity index (χ2v) is 5.78. The summed E-state index contributed by atoms with van der Waals surface area (Å²) >= 11 is 0. The van der Waals surface area contributed by atoms with E-state index in [9.17, 15) is 0 Å². The maximum atomic E-state index is 5.24. The number of ether oxygens (including phenoxy) is 1. The molecule has 1 aliphatic heterocycles. The Morgan fingerprint density at radius 3 is 2.61 bits per heavy atom. The largest absolute Gasteiger partial charge is 0.497 e. The van der Waals surface area contributed by atoms with Gasteiger partial charge < -0.3 is 10.1 Å². The minimum atomic E-state index is 0.852. The van der Waals surface area contributed by atoms with E-state index < -0.39 is 0 Å². The van der Waals surface area contributed by atoms with Crippen LogP contribution < -0.4 is 10.1 Å². The number of methoxy groups -OCH3 is 1. The van der Waals surface area contributed by atoms with Gasteiger partial charge in [-0.15, -0.1) is 0 Å². The Morgan fingerprint density at radius 2 is 1.87 bits per heavy atom. The highest BCUT2D eigenvalue weighted by atomic mass is 16.5. The smallest absolute Gasteiger partial charge is 0.133 e. The lowest BCUT2D eigenvalue weighted by molar-refractivity contribution is 0.414. The third-order valence-corrected chi connectivity index (χ3v) is 4.37. The van der Waals surface area contributed by atoms with E-state index in [-0.39, 0.29) is 0 Å². The first kappa shape index (κ1) is 13.9. The van der Waals surface area contributed by atoms with E-state index in [1.807, 2.05) is 28.9 Å². The predicted molar refractivity (Wildman–Crippen MR) is 92.5 cm³/mol. The highest BCUT2D eigenvalue weighted by molar-refractivity contribution is 5.74. The molecule has 0 aliphatic carbocycles. The van der Waals surface area contributed by atoms with E-state index in [1.165, 1.54) is 16.7 Å². The summed E-state index contributed by atoms with van der Waals surface area (Å²) in [6.07, 6.45) is 1.01. The second-order valence-electron chi connectivity index (χ2n) is 5.78. The summed E-state index contributed by atoms with van der Waals surface area (Å²) < 4.78 is 7.25. The fourth-order valence-electron chi connectivity index (χ4n) is 3.14. The number of anilines is 1. The van der Waals surface area contributed by atoms with Gasteiger partial charge in [0, 0.05) is 17.7 Å². The molecule has 4 rings (SSSR count). The molecule has 2 aromatic carbocycles. The molecule has 3 aromatic rings. The van der Waals surface area contributed by atoms with Crippen molar-refractivity contribution in [3.05, 3.63) is 59.7 Å². The normalized spacial score (nSPS) is 12.8. The van der Waals surface area contributed by atoms with Crippen LogP contribution in [0.3, 0.4) is 0 Å². The lowest BCUT2D eigenvalue weighted by Crippen LogP contribution is -2.04. The number of aryl methyl sites for hydroxylation is 1. The fourth-order valence-corrected chi connectivity index (χ4v) is 3.14. The number of nitrogens with one attached hydrogen (secondary N) is 1. The highest BCUT2D eigenvalue weighted by Gasteiger charge is 2.24. The van der Waals surface area contributed by atoms with Gasteiger partial charge in [-0.25, -0.2) is 4.68 Å². The average molecular weight is 305 g/mol. The molecule has 0 saturated carbocycles. The molecule has 0 fully saturated rings. The molecule has 0 spiro atoms. The summed E-state index contributed by atoms with van der Waals surface area (Å²) in [6, 6.07) is 16.4. The Balaban J connectivity index is 1.86. The van der Waals surface area contributed by atoms with E-state index in [1.54, 1.807) is 7.11 Å². The monoisotopic (exact) mass is 305 g/mol. The van der Waals surface area contributed by atoms with Crippen molar-refractivity contribution < 1.29 is 4.74 Å². The third kappa shape index (κ3) is 2.27. The van der Waals surface area contributed by atoms with Crippen molar-refractivity contribution >= 4 is 5.82 Å². The summed E-state index contributed by atoms with van der Waals surface area (Å²) in [5.41, 5.74) is 5.88. The Morgan fingerprint density at radius 1 is 1.09 bits per heavy atom. The highest BCUT2D eigenvalue weighted by Crippen LogP contribution is 2.35. The first-order chi connectivity index (χ1) is 11.3. The summed E-state index contributed by atoms with van der Waals surface area (Å²) in [6.45, 7) is 3.10.